The molecule has 0 spiro atoms. The maximum Gasteiger partial charge on any atom is 0.262 e. The van der Waals surface area contributed by atoms with Gasteiger partial charge in [-0.25, -0.2) is 0 Å². The van der Waals surface area contributed by atoms with E-state index < -0.39 is 5.56 Å². The number of H-pyrrole nitrogens is 1. The fraction of sp³-hybridized carbons (Fsp3) is 0.133. The van der Waals surface area contributed by atoms with Gasteiger partial charge in [0.15, 0.2) is 5.82 Å². The lowest BCUT2D eigenvalue weighted by atomic mass is 10.0. The van der Waals surface area contributed by atoms with Crippen LogP contribution in [0, 0.1) is 6.92 Å². The first kappa shape index (κ1) is 13.1. The zero-order chi connectivity index (χ0) is 15.0. The van der Waals surface area contributed by atoms with E-state index in [0.717, 1.165) is 5.56 Å². The lowest BCUT2D eigenvalue weighted by molar-refractivity contribution is 0.454. The number of hydrogen-bond acceptors (Lipinski definition) is 4. The highest BCUT2D eigenvalue weighted by Gasteiger charge is 2.16. The van der Waals surface area contributed by atoms with Crippen molar-refractivity contribution in [3.63, 3.8) is 0 Å². The van der Waals surface area contributed by atoms with E-state index in [1.807, 2.05) is 25.1 Å². The van der Waals surface area contributed by atoms with Gasteiger partial charge in [-0.1, -0.05) is 24.3 Å². The van der Waals surface area contributed by atoms with Gasteiger partial charge >= 0.3 is 0 Å². The van der Waals surface area contributed by atoms with Crippen molar-refractivity contribution in [1.82, 2.24) is 19.7 Å². The summed E-state index contributed by atoms with van der Waals surface area (Å²) < 4.78 is 1.60. The van der Waals surface area contributed by atoms with Gasteiger partial charge in [0.25, 0.3) is 5.56 Å². The summed E-state index contributed by atoms with van der Waals surface area (Å²) in [7, 11) is 1.77. The molecule has 0 saturated heterocycles. The predicted octanol–water partition coefficient (Wildman–Crippen LogP) is 1.85. The molecule has 3 rings (SSSR count). The number of aromatic nitrogens is 4. The molecule has 2 heterocycles. The fourth-order valence-corrected chi connectivity index (χ4v) is 2.22. The molecule has 0 saturated carbocycles. The zero-order valence-electron chi connectivity index (χ0n) is 11.7. The second-order valence-corrected chi connectivity index (χ2v) is 4.80. The molecule has 0 fully saturated rings. The number of aromatic hydroxyl groups is 1. The Bertz CT molecular complexity index is 864. The van der Waals surface area contributed by atoms with Gasteiger partial charge in [-0.05, 0) is 24.1 Å². The molecule has 0 atom stereocenters. The number of aryl methyl sites for hydroxylation is 2. The largest absolute Gasteiger partial charge is 0.493 e. The Morgan fingerprint density at radius 1 is 1.24 bits per heavy atom. The first-order valence-electron chi connectivity index (χ1n) is 6.45. The minimum atomic E-state index is -0.391. The molecule has 1 aromatic carbocycles. The summed E-state index contributed by atoms with van der Waals surface area (Å²) in [6, 6.07) is 9.06. The van der Waals surface area contributed by atoms with Gasteiger partial charge in [0.05, 0.1) is 0 Å². The highest BCUT2D eigenvalue weighted by atomic mass is 16.3. The van der Waals surface area contributed by atoms with E-state index in [1.165, 1.54) is 0 Å². The molecule has 6 heteroatoms. The van der Waals surface area contributed by atoms with Crippen LogP contribution in [0.3, 0.4) is 0 Å². The van der Waals surface area contributed by atoms with E-state index in [1.54, 1.807) is 30.1 Å². The Hall–Kier alpha value is -2.89. The molecular formula is C15H14N4O2. The average molecular weight is 282 g/mol. The number of nitrogens with zero attached hydrogens (tertiary/aromatic N) is 3. The molecule has 0 aliphatic carbocycles. The van der Waals surface area contributed by atoms with Crippen LogP contribution in [0.25, 0.3) is 22.6 Å². The Labute approximate surface area is 120 Å². The van der Waals surface area contributed by atoms with Crippen LogP contribution >= 0.6 is 0 Å². The Morgan fingerprint density at radius 2 is 2.00 bits per heavy atom. The van der Waals surface area contributed by atoms with Crippen LogP contribution in [-0.4, -0.2) is 24.9 Å². The standard InChI is InChI=1S/C15H14N4O2/c1-9-5-3-4-6-10(9)12-14(20)16-13(17-15(12)21)11-7-8-19(2)18-11/h3-8H,1-2H3,(H2,16,17,20,21). The molecule has 2 N–H and O–H groups in total. The lowest BCUT2D eigenvalue weighted by Gasteiger charge is -2.07. The number of aromatic amines is 1. The van der Waals surface area contributed by atoms with Gasteiger partial charge in [-0.3, -0.25) is 9.48 Å². The van der Waals surface area contributed by atoms with Crippen molar-refractivity contribution in [2.75, 3.05) is 0 Å². The second kappa shape index (κ2) is 4.90. The van der Waals surface area contributed by atoms with Gasteiger partial charge in [0.1, 0.15) is 11.3 Å². The SMILES string of the molecule is Cc1ccccc1-c1c(O)nc(-c2ccn(C)n2)[nH]c1=O. The maximum atomic E-state index is 12.3. The molecule has 6 nitrogen and oxygen atoms in total. The summed E-state index contributed by atoms with van der Waals surface area (Å²) in [5.41, 5.74) is 1.84. The van der Waals surface area contributed by atoms with E-state index in [0.29, 0.717) is 11.3 Å². The molecule has 2 aromatic heterocycles. The summed E-state index contributed by atoms with van der Waals surface area (Å²) in [5.74, 6) is -0.0517. The zero-order valence-corrected chi connectivity index (χ0v) is 11.7. The third-order valence-electron chi connectivity index (χ3n) is 3.27. The number of benzene rings is 1. The number of nitrogens with one attached hydrogen (secondary N) is 1. The molecule has 0 bridgehead atoms. The minimum Gasteiger partial charge on any atom is -0.493 e. The first-order valence-corrected chi connectivity index (χ1v) is 6.45. The molecule has 3 aromatic rings. The third kappa shape index (κ3) is 2.31. The molecular weight excluding hydrogens is 268 g/mol. The monoisotopic (exact) mass is 282 g/mol. The lowest BCUT2D eigenvalue weighted by Crippen LogP contribution is -2.13. The van der Waals surface area contributed by atoms with Crippen LogP contribution in [0.5, 0.6) is 5.88 Å². The van der Waals surface area contributed by atoms with Crippen LogP contribution in [0.4, 0.5) is 0 Å². The van der Waals surface area contributed by atoms with Crippen molar-refractivity contribution >= 4 is 0 Å². The highest BCUT2D eigenvalue weighted by molar-refractivity contribution is 5.71. The van der Waals surface area contributed by atoms with Crippen molar-refractivity contribution < 1.29 is 5.11 Å². The molecule has 0 radical (unpaired) electrons. The number of hydrogen-bond donors (Lipinski definition) is 2. The summed E-state index contributed by atoms with van der Waals surface area (Å²) in [5, 5.41) is 14.3. The van der Waals surface area contributed by atoms with Crippen molar-refractivity contribution in [3.8, 4) is 28.5 Å². The third-order valence-corrected chi connectivity index (χ3v) is 3.27. The Morgan fingerprint density at radius 3 is 2.62 bits per heavy atom. The van der Waals surface area contributed by atoms with Gasteiger partial charge in [0.2, 0.25) is 5.88 Å². The van der Waals surface area contributed by atoms with Crippen LogP contribution in [0.15, 0.2) is 41.3 Å². The van der Waals surface area contributed by atoms with E-state index >= 15 is 0 Å². The normalized spacial score (nSPS) is 10.8. The van der Waals surface area contributed by atoms with Crippen LogP contribution < -0.4 is 5.56 Å². The van der Waals surface area contributed by atoms with Gasteiger partial charge in [-0.15, -0.1) is 0 Å². The maximum absolute atomic E-state index is 12.3. The fourth-order valence-electron chi connectivity index (χ4n) is 2.22. The van der Waals surface area contributed by atoms with Crippen molar-refractivity contribution in [2.45, 2.75) is 6.92 Å². The summed E-state index contributed by atoms with van der Waals surface area (Å²) in [6.07, 6.45) is 1.74. The molecule has 0 amide bonds. The van der Waals surface area contributed by atoms with E-state index in [4.69, 9.17) is 0 Å². The van der Waals surface area contributed by atoms with Crippen LogP contribution in [0.2, 0.25) is 0 Å². The van der Waals surface area contributed by atoms with E-state index in [9.17, 15) is 9.90 Å². The Balaban J connectivity index is 2.18. The molecule has 0 aliphatic rings. The molecule has 0 aliphatic heterocycles. The average Bonchev–Trinajstić information content (AvgIpc) is 2.87. The first-order chi connectivity index (χ1) is 10.1. The van der Waals surface area contributed by atoms with E-state index in [-0.39, 0.29) is 17.3 Å². The predicted molar refractivity (Wildman–Crippen MR) is 78.9 cm³/mol. The summed E-state index contributed by atoms with van der Waals surface area (Å²) in [6.45, 7) is 1.88. The molecule has 106 valence electrons. The summed E-state index contributed by atoms with van der Waals surface area (Å²) >= 11 is 0. The number of rotatable bonds is 2. The topological polar surface area (TPSA) is 83.8 Å². The van der Waals surface area contributed by atoms with Gasteiger partial charge in [-0.2, -0.15) is 10.1 Å². The second-order valence-electron chi connectivity index (χ2n) is 4.80. The van der Waals surface area contributed by atoms with Crippen LogP contribution in [-0.2, 0) is 7.05 Å². The molecule has 0 unspecified atom stereocenters. The van der Waals surface area contributed by atoms with E-state index in [2.05, 4.69) is 15.1 Å². The molecule has 21 heavy (non-hydrogen) atoms. The Kier molecular flexibility index (Phi) is 3.06. The van der Waals surface area contributed by atoms with Crippen molar-refractivity contribution in [1.29, 1.82) is 0 Å². The van der Waals surface area contributed by atoms with Crippen LogP contribution in [0.1, 0.15) is 5.56 Å². The van der Waals surface area contributed by atoms with Gasteiger partial charge in [0, 0.05) is 13.2 Å². The highest BCUT2D eigenvalue weighted by Crippen LogP contribution is 2.27. The van der Waals surface area contributed by atoms with Crippen molar-refractivity contribution in [2.24, 2.45) is 7.05 Å². The van der Waals surface area contributed by atoms with Crippen molar-refractivity contribution in [3.05, 3.63) is 52.4 Å². The van der Waals surface area contributed by atoms with Gasteiger partial charge < -0.3 is 10.1 Å². The quantitative estimate of drug-likeness (QED) is 0.751. The smallest absolute Gasteiger partial charge is 0.262 e. The minimum absolute atomic E-state index is 0.174. The summed E-state index contributed by atoms with van der Waals surface area (Å²) in [4.78, 5) is 19.0.